The van der Waals surface area contributed by atoms with Crippen molar-refractivity contribution in [3.05, 3.63) is 22.7 Å². The maximum atomic E-state index is 12.5. The van der Waals surface area contributed by atoms with Crippen molar-refractivity contribution in [3.8, 4) is 5.75 Å². The summed E-state index contributed by atoms with van der Waals surface area (Å²) in [5.41, 5.74) is -0.796. The Hall–Kier alpha value is -0.970. The molecule has 0 atom stereocenters. The maximum Gasteiger partial charge on any atom is 0.280 e. The number of hydrogen-bond acceptors (Lipinski definition) is 2. The SMILES string of the molecule is Oc1c(F)cc(C(F)F)nc1Cl. The normalized spacial score (nSPS) is 10.8. The lowest BCUT2D eigenvalue weighted by Gasteiger charge is -2.01. The first-order valence-electron chi connectivity index (χ1n) is 2.85. The molecule has 0 aromatic carbocycles. The van der Waals surface area contributed by atoms with Gasteiger partial charge in [-0.3, -0.25) is 0 Å². The van der Waals surface area contributed by atoms with E-state index in [9.17, 15) is 13.2 Å². The van der Waals surface area contributed by atoms with E-state index in [-0.39, 0.29) is 0 Å². The summed E-state index contributed by atoms with van der Waals surface area (Å²) in [5, 5.41) is 8.04. The lowest BCUT2D eigenvalue weighted by molar-refractivity contribution is 0.145. The number of alkyl halides is 2. The van der Waals surface area contributed by atoms with Gasteiger partial charge in [-0.2, -0.15) is 0 Å². The van der Waals surface area contributed by atoms with Crippen molar-refractivity contribution in [3.63, 3.8) is 0 Å². The minimum Gasteiger partial charge on any atom is -0.503 e. The first kappa shape index (κ1) is 9.12. The highest BCUT2D eigenvalue weighted by Crippen LogP contribution is 2.28. The molecule has 0 bridgehead atoms. The van der Waals surface area contributed by atoms with Crippen molar-refractivity contribution >= 4 is 11.6 Å². The molecular weight excluding hydrogens is 195 g/mol. The molecule has 1 rings (SSSR count). The van der Waals surface area contributed by atoms with Crippen molar-refractivity contribution in [2.45, 2.75) is 6.43 Å². The van der Waals surface area contributed by atoms with E-state index in [1.807, 2.05) is 0 Å². The molecule has 0 aliphatic carbocycles. The Labute approximate surface area is 70.6 Å². The monoisotopic (exact) mass is 197 g/mol. The number of rotatable bonds is 1. The Morgan fingerprint density at radius 1 is 1.50 bits per heavy atom. The number of hydrogen-bond donors (Lipinski definition) is 1. The van der Waals surface area contributed by atoms with Crippen LogP contribution in [0.15, 0.2) is 6.07 Å². The van der Waals surface area contributed by atoms with Crippen LogP contribution in [0, 0.1) is 5.82 Å². The zero-order valence-corrected chi connectivity index (χ0v) is 6.32. The Bertz CT molecular complexity index is 282. The molecule has 1 heterocycles. The molecule has 0 spiro atoms. The van der Waals surface area contributed by atoms with Crippen molar-refractivity contribution in [1.82, 2.24) is 4.98 Å². The maximum absolute atomic E-state index is 12.5. The molecule has 0 unspecified atom stereocenters. The van der Waals surface area contributed by atoms with Crippen LogP contribution in [0.25, 0.3) is 0 Å². The standard InChI is InChI=1S/C6H3ClF3NO/c7-5-4(12)2(8)1-3(11-5)6(9)10/h1,6,12H. The fourth-order valence-electron chi connectivity index (χ4n) is 0.607. The third kappa shape index (κ3) is 1.61. The molecule has 0 fully saturated rings. The lowest BCUT2D eigenvalue weighted by Crippen LogP contribution is -1.92. The summed E-state index contributed by atoms with van der Waals surface area (Å²) in [4.78, 5) is 3.06. The van der Waals surface area contributed by atoms with E-state index < -0.39 is 28.8 Å². The van der Waals surface area contributed by atoms with Gasteiger partial charge in [0.15, 0.2) is 16.7 Å². The van der Waals surface area contributed by atoms with Gasteiger partial charge in [0, 0.05) is 6.07 Å². The molecule has 2 nitrogen and oxygen atoms in total. The van der Waals surface area contributed by atoms with Gasteiger partial charge in [-0.1, -0.05) is 11.6 Å². The van der Waals surface area contributed by atoms with Crippen LogP contribution in [0.3, 0.4) is 0 Å². The molecule has 12 heavy (non-hydrogen) atoms. The van der Waals surface area contributed by atoms with Crippen molar-refractivity contribution in [2.75, 3.05) is 0 Å². The Kier molecular flexibility index (Phi) is 2.42. The first-order chi connectivity index (χ1) is 5.52. The van der Waals surface area contributed by atoms with E-state index in [4.69, 9.17) is 16.7 Å². The minimum atomic E-state index is -2.90. The molecule has 0 radical (unpaired) electrons. The minimum absolute atomic E-state index is 0.436. The second-order valence-electron chi connectivity index (χ2n) is 1.97. The van der Waals surface area contributed by atoms with Gasteiger partial charge >= 0.3 is 0 Å². The fraction of sp³-hybridized carbons (Fsp3) is 0.167. The van der Waals surface area contributed by atoms with Gasteiger partial charge in [0.1, 0.15) is 5.69 Å². The quantitative estimate of drug-likeness (QED) is 0.702. The summed E-state index contributed by atoms with van der Waals surface area (Å²) in [5.74, 6) is -2.12. The van der Waals surface area contributed by atoms with Gasteiger partial charge in [0.25, 0.3) is 6.43 Å². The summed E-state index contributed by atoms with van der Waals surface area (Å²) < 4.78 is 36.3. The molecule has 0 saturated carbocycles. The third-order valence-corrected chi connectivity index (χ3v) is 1.41. The highest BCUT2D eigenvalue weighted by Gasteiger charge is 2.15. The van der Waals surface area contributed by atoms with Crippen LogP contribution in [0.2, 0.25) is 5.15 Å². The number of aromatic nitrogens is 1. The van der Waals surface area contributed by atoms with Gasteiger partial charge in [-0.25, -0.2) is 18.2 Å². The summed E-state index contributed by atoms with van der Waals surface area (Å²) >= 11 is 5.13. The van der Waals surface area contributed by atoms with Crippen molar-refractivity contribution in [1.29, 1.82) is 0 Å². The van der Waals surface area contributed by atoms with E-state index in [2.05, 4.69) is 4.98 Å². The van der Waals surface area contributed by atoms with Crippen molar-refractivity contribution < 1.29 is 18.3 Å². The molecule has 6 heteroatoms. The third-order valence-electron chi connectivity index (χ3n) is 1.15. The van der Waals surface area contributed by atoms with E-state index >= 15 is 0 Å². The van der Waals surface area contributed by atoms with E-state index in [0.717, 1.165) is 0 Å². The van der Waals surface area contributed by atoms with Crippen LogP contribution in [-0.2, 0) is 0 Å². The smallest absolute Gasteiger partial charge is 0.280 e. The van der Waals surface area contributed by atoms with E-state index in [0.29, 0.717) is 6.07 Å². The van der Waals surface area contributed by atoms with Gasteiger partial charge < -0.3 is 5.11 Å². The number of nitrogens with zero attached hydrogens (tertiary/aromatic N) is 1. The second-order valence-corrected chi connectivity index (χ2v) is 2.33. The number of halogens is 4. The summed E-state index contributed by atoms with van der Waals surface area (Å²) in [6, 6.07) is 0.436. The van der Waals surface area contributed by atoms with Crippen LogP contribution in [0.1, 0.15) is 12.1 Å². The van der Waals surface area contributed by atoms with Crippen LogP contribution >= 0.6 is 11.6 Å². The molecule has 1 aromatic rings. The highest BCUT2D eigenvalue weighted by molar-refractivity contribution is 6.30. The van der Waals surface area contributed by atoms with Gasteiger partial charge in [0.05, 0.1) is 0 Å². The summed E-state index contributed by atoms with van der Waals surface area (Å²) in [7, 11) is 0. The fourth-order valence-corrected chi connectivity index (χ4v) is 0.795. The van der Waals surface area contributed by atoms with Gasteiger partial charge in [-0.15, -0.1) is 0 Å². The van der Waals surface area contributed by atoms with E-state index in [1.54, 1.807) is 0 Å². The van der Waals surface area contributed by atoms with Gasteiger partial charge in [-0.05, 0) is 0 Å². The molecule has 0 aliphatic rings. The molecule has 1 N–H and O–H groups in total. The average molecular weight is 198 g/mol. The predicted molar refractivity (Wildman–Crippen MR) is 35.8 cm³/mol. The Balaban J connectivity index is 3.21. The number of pyridine rings is 1. The highest BCUT2D eigenvalue weighted by atomic mass is 35.5. The zero-order chi connectivity index (χ0) is 9.30. The summed E-state index contributed by atoms with van der Waals surface area (Å²) in [6.07, 6.45) is -2.90. The number of aromatic hydroxyl groups is 1. The molecule has 0 amide bonds. The van der Waals surface area contributed by atoms with Crippen LogP contribution in [0.5, 0.6) is 5.75 Å². The summed E-state index contributed by atoms with van der Waals surface area (Å²) in [6.45, 7) is 0. The zero-order valence-electron chi connectivity index (χ0n) is 5.56. The Morgan fingerprint density at radius 3 is 2.50 bits per heavy atom. The second kappa shape index (κ2) is 3.18. The average Bonchev–Trinajstić information content (AvgIpc) is 1.99. The topological polar surface area (TPSA) is 33.1 Å². The molecular formula is C6H3ClF3NO. The predicted octanol–water partition coefficient (Wildman–Crippen LogP) is 2.52. The van der Waals surface area contributed by atoms with Gasteiger partial charge in [0.2, 0.25) is 0 Å². The van der Waals surface area contributed by atoms with E-state index in [1.165, 1.54) is 0 Å². The lowest BCUT2D eigenvalue weighted by atomic mass is 10.3. The van der Waals surface area contributed by atoms with Crippen LogP contribution < -0.4 is 0 Å². The van der Waals surface area contributed by atoms with Crippen LogP contribution in [-0.4, -0.2) is 10.1 Å². The van der Waals surface area contributed by atoms with Crippen molar-refractivity contribution in [2.24, 2.45) is 0 Å². The molecule has 0 aliphatic heterocycles. The molecule has 1 aromatic heterocycles. The molecule has 66 valence electrons. The largest absolute Gasteiger partial charge is 0.503 e. The first-order valence-corrected chi connectivity index (χ1v) is 3.23. The molecule has 0 saturated heterocycles. The van der Waals surface area contributed by atoms with Crippen LogP contribution in [0.4, 0.5) is 13.2 Å². The Morgan fingerprint density at radius 2 is 2.08 bits per heavy atom.